The number of nitrogens with zero attached hydrogens (tertiary/aromatic N) is 2. The lowest BCUT2D eigenvalue weighted by molar-refractivity contribution is 0.0383. The van der Waals surface area contributed by atoms with Crippen LogP contribution in [0.3, 0.4) is 0 Å². The summed E-state index contributed by atoms with van der Waals surface area (Å²) in [5.41, 5.74) is 0.678. The van der Waals surface area contributed by atoms with Crippen molar-refractivity contribution < 1.29 is 18.7 Å². The first-order valence-corrected chi connectivity index (χ1v) is 10.1. The monoisotopic (exact) mass is 393 g/mol. The molecule has 1 amide bonds. The number of carbonyl (C=O) groups excluding carboxylic acids is 1. The molecule has 0 aliphatic carbocycles. The van der Waals surface area contributed by atoms with Crippen LogP contribution in [0.4, 0.5) is 5.88 Å². The molecule has 2 saturated heterocycles. The van der Waals surface area contributed by atoms with Crippen LogP contribution >= 0.6 is 11.3 Å². The standard InChI is InChI=1S/C18H23N3O5S/c22-14-11-15(21-5-9-25-10-6-21)26-16-13(12-27-17(14)16)18(23)19-1-2-20-3-7-24-8-4-20/h11-12H,1-10H2,(H,19,23). The molecular formula is C18H23N3O5S. The maximum atomic E-state index is 12.6. The fourth-order valence-corrected chi connectivity index (χ4v) is 4.16. The van der Waals surface area contributed by atoms with Crippen molar-refractivity contribution >= 4 is 33.4 Å². The van der Waals surface area contributed by atoms with Gasteiger partial charge >= 0.3 is 0 Å². The number of thiophene rings is 1. The van der Waals surface area contributed by atoms with Crippen molar-refractivity contribution in [1.82, 2.24) is 10.2 Å². The normalized spacial score (nSPS) is 18.7. The Morgan fingerprint density at radius 2 is 1.81 bits per heavy atom. The summed E-state index contributed by atoms with van der Waals surface area (Å²) in [7, 11) is 0. The van der Waals surface area contributed by atoms with Gasteiger partial charge in [0.1, 0.15) is 4.70 Å². The molecule has 0 bridgehead atoms. The van der Waals surface area contributed by atoms with E-state index in [0.29, 0.717) is 54.6 Å². The second kappa shape index (κ2) is 8.39. The van der Waals surface area contributed by atoms with Crippen LogP contribution in [0.1, 0.15) is 10.4 Å². The van der Waals surface area contributed by atoms with Gasteiger partial charge in [0, 0.05) is 50.7 Å². The fraction of sp³-hybridized carbons (Fsp3) is 0.556. The van der Waals surface area contributed by atoms with Crippen LogP contribution in [0.5, 0.6) is 0 Å². The third-order valence-corrected chi connectivity index (χ3v) is 5.79. The Kier molecular flexibility index (Phi) is 5.72. The zero-order valence-corrected chi connectivity index (χ0v) is 15.9. The number of fused-ring (bicyclic) bond motifs is 1. The molecule has 2 aromatic rings. The molecular weight excluding hydrogens is 370 g/mol. The van der Waals surface area contributed by atoms with E-state index in [9.17, 15) is 9.59 Å². The minimum absolute atomic E-state index is 0.116. The summed E-state index contributed by atoms with van der Waals surface area (Å²) in [6.07, 6.45) is 0. The zero-order valence-electron chi connectivity index (χ0n) is 15.1. The van der Waals surface area contributed by atoms with E-state index < -0.39 is 0 Å². The highest BCUT2D eigenvalue weighted by atomic mass is 32.1. The minimum Gasteiger partial charge on any atom is -0.439 e. The van der Waals surface area contributed by atoms with Gasteiger partial charge in [-0.05, 0) is 0 Å². The first-order chi connectivity index (χ1) is 13.2. The number of carbonyl (C=O) groups is 1. The first kappa shape index (κ1) is 18.4. The second-order valence-corrected chi connectivity index (χ2v) is 7.45. The molecule has 0 saturated carbocycles. The number of nitrogens with one attached hydrogen (secondary N) is 1. The molecule has 4 heterocycles. The van der Waals surface area contributed by atoms with E-state index in [4.69, 9.17) is 13.9 Å². The van der Waals surface area contributed by atoms with E-state index in [0.717, 1.165) is 32.8 Å². The topological polar surface area (TPSA) is 84.3 Å². The average molecular weight is 393 g/mol. The highest BCUT2D eigenvalue weighted by Crippen LogP contribution is 2.27. The van der Waals surface area contributed by atoms with Crippen LogP contribution < -0.4 is 15.6 Å². The predicted octanol–water partition coefficient (Wildman–Crippen LogP) is 0.753. The summed E-state index contributed by atoms with van der Waals surface area (Å²) in [4.78, 5) is 29.3. The van der Waals surface area contributed by atoms with Gasteiger partial charge in [0.25, 0.3) is 5.91 Å². The Hall–Kier alpha value is -1.94. The Bertz CT molecular complexity index is 852. The van der Waals surface area contributed by atoms with Crippen LogP contribution in [-0.4, -0.2) is 76.5 Å². The number of anilines is 1. The molecule has 0 radical (unpaired) electrons. The molecule has 2 aromatic heterocycles. The summed E-state index contributed by atoms with van der Waals surface area (Å²) < 4.78 is 17.1. The molecule has 0 spiro atoms. The van der Waals surface area contributed by atoms with E-state index >= 15 is 0 Å². The van der Waals surface area contributed by atoms with Gasteiger partial charge in [0.2, 0.25) is 5.43 Å². The predicted molar refractivity (Wildman–Crippen MR) is 103 cm³/mol. The third kappa shape index (κ3) is 4.16. The Morgan fingerprint density at radius 3 is 2.56 bits per heavy atom. The Labute approximate surface area is 160 Å². The Balaban J connectivity index is 1.48. The molecule has 2 aliphatic heterocycles. The first-order valence-electron chi connectivity index (χ1n) is 9.19. The van der Waals surface area contributed by atoms with Crippen LogP contribution in [0.15, 0.2) is 20.7 Å². The van der Waals surface area contributed by atoms with Crippen molar-refractivity contribution in [2.45, 2.75) is 0 Å². The molecule has 27 heavy (non-hydrogen) atoms. The molecule has 2 fully saturated rings. The number of hydrogen-bond donors (Lipinski definition) is 1. The van der Waals surface area contributed by atoms with Gasteiger partial charge in [0.05, 0.1) is 32.0 Å². The lowest BCUT2D eigenvalue weighted by atomic mass is 10.2. The van der Waals surface area contributed by atoms with E-state index in [-0.39, 0.29) is 11.3 Å². The highest BCUT2D eigenvalue weighted by Gasteiger charge is 2.21. The van der Waals surface area contributed by atoms with E-state index in [1.165, 1.54) is 17.4 Å². The van der Waals surface area contributed by atoms with Gasteiger partial charge < -0.3 is 24.1 Å². The smallest absolute Gasteiger partial charge is 0.255 e. The molecule has 4 rings (SSSR count). The van der Waals surface area contributed by atoms with E-state index in [1.807, 2.05) is 4.90 Å². The molecule has 0 aromatic carbocycles. The largest absolute Gasteiger partial charge is 0.439 e. The van der Waals surface area contributed by atoms with Crippen LogP contribution in [-0.2, 0) is 9.47 Å². The molecule has 2 aliphatic rings. The van der Waals surface area contributed by atoms with E-state index in [1.54, 1.807) is 5.38 Å². The average Bonchev–Trinajstić information content (AvgIpc) is 3.14. The molecule has 0 unspecified atom stereocenters. The molecule has 146 valence electrons. The van der Waals surface area contributed by atoms with Crippen molar-refractivity contribution in [2.24, 2.45) is 0 Å². The number of amides is 1. The lowest BCUT2D eigenvalue weighted by Crippen LogP contribution is -2.41. The van der Waals surface area contributed by atoms with Crippen molar-refractivity contribution in [2.75, 3.05) is 70.6 Å². The van der Waals surface area contributed by atoms with Crippen LogP contribution in [0.25, 0.3) is 10.3 Å². The van der Waals surface area contributed by atoms with Gasteiger partial charge in [-0.25, -0.2) is 0 Å². The second-order valence-electron chi connectivity index (χ2n) is 6.57. The third-order valence-electron chi connectivity index (χ3n) is 4.82. The van der Waals surface area contributed by atoms with Gasteiger partial charge in [0.15, 0.2) is 11.5 Å². The van der Waals surface area contributed by atoms with Crippen LogP contribution in [0, 0.1) is 0 Å². The summed E-state index contributed by atoms with van der Waals surface area (Å²) in [6, 6.07) is 1.50. The van der Waals surface area contributed by atoms with Gasteiger partial charge in [-0.1, -0.05) is 0 Å². The summed E-state index contributed by atoms with van der Waals surface area (Å²) in [6.45, 7) is 7.09. The maximum Gasteiger partial charge on any atom is 0.255 e. The van der Waals surface area contributed by atoms with Gasteiger partial charge in [-0.15, -0.1) is 11.3 Å². The molecule has 9 heteroatoms. The van der Waals surface area contributed by atoms with Crippen molar-refractivity contribution in [3.8, 4) is 0 Å². The number of ether oxygens (including phenoxy) is 2. The minimum atomic E-state index is -0.211. The maximum absolute atomic E-state index is 12.6. The van der Waals surface area contributed by atoms with Crippen molar-refractivity contribution in [1.29, 1.82) is 0 Å². The number of morpholine rings is 2. The number of rotatable bonds is 5. The molecule has 8 nitrogen and oxygen atoms in total. The SMILES string of the molecule is O=C(NCCN1CCOCC1)c1csc2c(=O)cc(N3CCOCC3)oc12. The van der Waals surface area contributed by atoms with E-state index in [2.05, 4.69) is 10.2 Å². The molecule has 0 atom stereocenters. The quantitative estimate of drug-likeness (QED) is 0.803. The fourth-order valence-electron chi connectivity index (χ4n) is 3.27. The van der Waals surface area contributed by atoms with Crippen molar-refractivity contribution in [3.63, 3.8) is 0 Å². The lowest BCUT2D eigenvalue weighted by Gasteiger charge is -2.27. The van der Waals surface area contributed by atoms with Gasteiger partial charge in [-0.3, -0.25) is 14.5 Å². The summed E-state index contributed by atoms with van der Waals surface area (Å²) >= 11 is 1.25. The Morgan fingerprint density at radius 1 is 1.11 bits per heavy atom. The highest BCUT2D eigenvalue weighted by molar-refractivity contribution is 7.17. The van der Waals surface area contributed by atoms with Gasteiger partial charge in [-0.2, -0.15) is 0 Å². The van der Waals surface area contributed by atoms with Crippen LogP contribution in [0.2, 0.25) is 0 Å². The van der Waals surface area contributed by atoms with Crippen molar-refractivity contribution in [3.05, 3.63) is 27.2 Å². The summed E-state index contributed by atoms with van der Waals surface area (Å²) in [5, 5.41) is 4.63. The molecule has 1 N–H and O–H groups in total. The summed E-state index contributed by atoms with van der Waals surface area (Å²) in [5.74, 6) is 0.286. The number of hydrogen-bond acceptors (Lipinski definition) is 8. The zero-order chi connectivity index (χ0) is 18.6.